The normalized spacial score (nSPS) is 15.6. The SMILES string of the molecule is Cc1ccc(-c2cc3[nH]cc(C(=O)NC4CCNC4)c3cc2-c2ccc(C#N)cc2)cc1. The van der Waals surface area contributed by atoms with Crippen LogP contribution in [0.1, 0.15) is 27.9 Å². The summed E-state index contributed by atoms with van der Waals surface area (Å²) < 4.78 is 0. The van der Waals surface area contributed by atoms with Gasteiger partial charge in [-0.3, -0.25) is 4.79 Å². The van der Waals surface area contributed by atoms with Crippen LogP contribution in [0.5, 0.6) is 0 Å². The number of rotatable bonds is 4. The van der Waals surface area contributed by atoms with Crippen molar-refractivity contribution >= 4 is 16.8 Å². The summed E-state index contributed by atoms with van der Waals surface area (Å²) in [5, 5.41) is 16.5. The number of aryl methyl sites for hydroxylation is 1. The number of benzene rings is 3. The van der Waals surface area contributed by atoms with Gasteiger partial charge in [0.2, 0.25) is 0 Å². The predicted molar refractivity (Wildman–Crippen MR) is 127 cm³/mol. The molecule has 1 atom stereocenters. The molecule has 0 saturated carbocycles. The number of nitriles is 1. The van der Waals surface area contributed by atoms with Crippen LogP contribution in [-0.4, -0.2) is 30.0 Å². The van der Waals surface area contributed by atoms with E-state index in [1.807, 2.05) is 24.3 Å². The molecule has 5 nitrogen and oxygen atoms in total. The fourth-order valence-electron chi connectivity index (χ4n) is 4.33. The van der Waals surface area contributed by atoms with E-state index in [4.69, 9.17) is 0 Å². The molecule has 3 aromatic carbocycles. The van der Waals surface area contributed by atoms with Crippen LogP contribution in [0.25, 0.3) is 33.2 Å². The van der Waals surface area contributed by atoms with Crippen LogP contribution in [0.4, 0.5) is 0 Å². The number of carbonyl (C=O) groups is 1. The molecule has 32 heavy (non-hydrogen) atoms. The number of fused-ring (bicyclic) bond motifs is 1. The van der Waals surface area contributed by atoms with Gasteiger partial charge < -0.3 is 15.6 Å². The van der Waals surface area contributed by atoms with Crippen LogP contribution in [-0.2, 0) is 0 Å². The van der Waals surface area contributed by atoms with Crippen LogP contribution in [0, 0.1) is 18.3 Å². The average molecular weight is 421 g/mol. The third-order valence-electron chi connectivity index (χ3n) is 6.15. The van der Waals surface area contributed by atoms with E-state index < -0.39 is 0 Å². The van der Waals surface area contributed by atoms with Crippen molar-refractivity contribution in [3.63, 3.8) is 0 Å². The van der Waals surface area contributed by atoms with Gasteiger partial charge >= 0.3 is 0 Å². The van der Waals surface area contributed by atoms with Crippen LogP contribution < -0.4 is 10.6 Å². The lowest BCUT2D eigenvalue weighted by Gasteiger charge is -2.13. The van der Waals surface area contributed by atoms with Gasteiger partial charge in [-0.2, -0.15) is 5.26 Å². The first-order valence-electron chi connectivity index (χ1n) is 10.9. The Morgan fingerprint density at radius 1 is 1.03 bits per heavy atom. The van der Waals surface area contributed by atoms with Gasteiger partial charge in [0.05, 0.1) is 17.2 Å². The number of amides is 1. The molecular formula is C27H24N4O. The molecule has 1 aromatic heterocycles. The van der Waals surface area contributed by atoms with E-state index in [0.29, 0.717) is 11.1 Å². The minimum absolute atomic E-state index is 0.0567. The summed E-state index contributed by atoms with van der Waals surface area (Å²) in [6.45, 7) is 3.81. The monoisotopic (exact) mass is 420 g/mol. The molecule has 1 aliphatic heterocycles. The Bertz CT molecular complexity index is 1320. The molecular weight excluding hydrogens is 396 g/mol. The van der Waals surface area contributed by atoms with Crippen molar-refractivity contribution in [2.45, 2.75) is 19.4 Å². The lowest BCUT2D eigenvalue weighted by molar-refractivity contribution is 0.0942. The van der Waals surface area contributed by atoms with Crippen molar-refractivity contribution in [1.29, 1.82) is 5.26 Å². The summed E-state index contributed by atoms with van der Waals surface area (Å²) >= 11 is 0. The van der Waals surface area contributed by atoms with Gasteiger partial charge in [-0.15, -0.1) is 0 Å². The molecule has 1 saturated heterocycles. The van der Waals surface area contributed by atoms with E-state index in [0.717, 1.165) is 52.7 Å². The first kappa shape index (κ1) is 20.0. The van der Waals surface area contributed by atoms with E-state index in [9.17, 15) is 10.1 Å². The molecule has 0 bridgehead atoms. The quantitative estimate of drug-likeness (QED) is 0.445. The molecule has 1 aliphatic rings. The van der Waals surface area contributed by atoms with E-state index >= 15 is 0 Å². The molecule has 0 spiro atoms. The van der Waals surface area contributed by atoms with Crippen LogP contribution in [0.3, 0.4) is 0 Å². The van der Waals surface area contributed by atoms with E-state index in [2.05, 4.69) is 65.0 Å². The number of aromatic nitrogens is 1. The second kappa shape index (κ2) is 8.33. The second-order valence-corrected chi connectivity index (χ2v) is 8.36. The molecule has 4 aromatic rings. The van der Waals surface area contributed by atoms with Gasteiger partial charge in [0.25, 0.3) is 5.91 Å². The first-order valence-corrected chi connectivity index (χ1v) is 10.9. The fourth-order valence-corrected chi connectivity index (χ4v) is 4.33. The maximum Gasteiger partial charge on any atom is 0.253 e. The Hall–Kier alpha value is -3.88. The standard InChI is InChI=1S/C27H24N4O/c1-17-2-6-19(7-3-17)23-13-26-24(12-22(23)20-8-4-18(14-28)5-9-20)25(16-30-26)27(32)31-21-10-11-29-15-21/h2-9,12-13,16,21,29-30H,10-11,15H2,1H3,(H,31,32). The van der Waals surface area contributed by atoms with Crippen molar-refractivity contribution in [3.8, 4) is 28.3 Å². The Balaban J connectivity index is 1.64. The topological polar surface area (TPSA) is 80.7 Å². The summed E-state index contributed by atoms with van der Waals surface area (Å²) in [4.78, 5) is 16.3. The maximum absolute atomic E-state index is 13.0. The zero-order valence-corrected chi connectivity index (χ0v) is 17.9. The maximum atomic E-state index is 13.0. The Morgan fingerprint density at radius 3 is 2.38 bits per heavy atom. The largest absolute Gasteiger partial charge is 0.360 e. The molecule has 5 heteroatoms. The lowest BCUT2D eigenvalue weighted by Crippen LogP contribution is -2.36. The van der Waals surface area contributed by atoms with Gasteiger partial charge in [0.1, 0.15) is 0 Å². The lowest BCUT2D eigenvalue weighted by atomic mass is 9.91. The highest BCUT2D eigenvalue weighted by Gasteiger charge is 2.21. The molecule has 0 aliphatic carbocycles. The number of nitrogens with one attached hydrogen (secondary N) is 3. The number of hydrogen-bond acceptors (Lipinski definition) is 3. The van der Waals surface area contributed by atoms with Crippen LogP contribution >= 0.6 is 0 Å². The Labute approximate surface area is 187 Å². The minimum atomic E-state index is -0.0567. The predicted octanol–water partition coefficient (Wildman–Crippen LogP) is 4.77. The van der Waals surface area contributed by atoms with Gasteiger partial charge in [-0.05, 0) is 66.4 Å². The van der Waals surface area contributed by atoms with Gasteiger partial charge in [-0.25, -0.2) is 0 Å². The zero-order chi connectivity index (χ0) is 22.1. The molecule has 0 radical (unpaired) electrons. The minimum Gasteiger partial charge on any atom is -0.360 e. The number of aromatic amines is 1. The number of nitrogens with zero attached hydrogens (tertiary/aromatic N) is 1. The van der Waals surface area contributed by atoms with E-state index in [1.54, 1.807) is 6.20 Å². The molecule has 5 rings (SSSR count). The highest BCUT2D eigenvalue weighted by molar-refractivity contribution is 6.09. The second-order valence-electron chi connectivity index (χ2n) is 8.36. The summed E-state index contributed by atoms with van der Waals surface area (Å²) in [5.74, 6) is -0.0567. The number of H-pyrrole nitrogens is 1. The van der Waals surface area contributed by atoms with Crippen LogP contribution in [0.15, 0.2) is 66.9 Å². The highest BCUT2D eigenvalue weighted by atomic mass is 16.1. The average Bonchev–Trinajstić information content (AvgIpc) is 3.48. The highest BCUT2D eigenvalue weighted by Crippen LogP contribution is 2.37. The van der Waals surface area contributed by atoms with Gasteiger partial charge in [0, 0.05) is 29.7 Å². The van der Waals surface area contributed by atoms with Crippen molar-refractivity contribution < 1.29 is 4.79 Å². The van der Waals surface area contributed by atoms with Crippen molar-refractivity contribution in [2.75, 3.05) is 13.1 Å². The van der Waals surface area contributed by atoms with Crippen LogP contribution in [0.2, 0.25) is 0 Å². The molecule has 158 valence electrons. The molecule has 3 N–H and O–H groups in total. The first-order chi connectivity index (χ1) is 15.6. The fraction of sp³-hybridized carbons (Fsp3) is 0.185. The molecule has 1 fully saturated rings. The number of carbonyl (C=O) groups excluding carboxylic acids is 1. The number of hydrogen-bond donors (Lipinski definition) is 3. The molecule has 2 heterocycles. The van der Waals surface area contributed by atoms with Crippen molar-refractivity contribution in [2.24, 2.45) is 0 Å². The Kier molecular flexibility index (Phi) is 5.22. The third kappa shape index (κ3) is 3.77. The third-order valence-corrected chi connectivity index (χ3v) is 6.15. The van der Waals surface area contributed by atoms with Crippen molar-refractivity contribution in [1.82, 2.24) is 15.6 Å². The Morgan fingerprint density at radius 2 is 1.72 bits per heavy atom. The van der Waals surface area contributed by atoms with E-state index in [-0.39, 0.29) is 11.9 Å². The molecule has 1 unspecified atom stereocenters. The zero-order valence-electron chi connectivity index (χ0n) is 17.9. The summed E-state index contributed by atoms with van der Waals surface area (Å²) in [5.41, 5.74) is 7.63. The summed E-state index contributed by atoms with van der Waals surface area (Å²) in [6, 6.07) is 22.6. The van der Waals surface area contributed by atoms with Crippen molar-refractivity contribution in [3.05, 3.63) is 83.6 Å². The van der Waals surface area contributed by atoms with Gasteiger partial charge in [0.15, 0.2) is 0 Å². The summed E-state index contributed by atoms with van der Waals surface area (Å²) in [7, 11) is 0. The van der Waals surface area contributed by atoms with Gasteiger partial charge in [-0.1, -0.05) is 42.0 Å². The molecule has 1 amide bonds. The van der Waals surface area contributed by atoms with E-state index in [1.165, 1.54) is 5.56 Å². The smallest absolute Gasteiger partial charge is 0.253 e. The summed E-state index contributed by atoms with van der Waals surface area (Å²) in [6.07, 6.45) is 2.74.